The van der Waals surface area contributed by atoms with E-state index in [1.165, 1.54) is 45.1 Å². The Morgan fingerprint density at radius 1 is 1.22 bits per heavy atom. The predicted octanol–water partition coefficient (Wildman–Crippen LogP) is 4.54. The van der Waals surface area contributed by atoms with Crippen molar-refractivity contribution < 1.29 is 0 Å². The quantitative estimate of drug-likeness (QED) is 0.705. The van der Waals surface area contributed by atoms with Gasteiger partial charge in [0.1, 0.15) is 0 Å². The average molecular weight is 249 g/mol. The van der Waals surface area contributed by atoms with Crippen LogP contribution < -0.4 is 5.32 Å². The highest BCUT2D eigenvalue weighted by Gasteiger charge is 2.50. The molecule has 0 aliphatic heterocycles. The van der Waals surface area contributed by atoms with Crippen molar-refractivity contribution in [1.82, 2.24) is 5.32 Å². The van der Waals surface area contributed by atoms with E-state index in [-0.39, 0.29) is 0 Å². The van der Waals surface area contributed by atoms with Gasteiger partial charge in [0.05, 0.1) is 0 Å². The van der Waals surface area contributed by atoms with Gasteiger partial charge in [-0.15, -0.1) is 0 Å². The molecular weight excluding hydrogens is 218 g/mol. The summed E-state index contributed by atoms with van der Waals surface area (Å²) in [5.41, 5.74) is 2.86. The first-order chi connectivity index (χ1) is 8.44. The van der Waals surface area contributed by atoms with Crippen molar-refractivity contribution in [3.63, 3.8) is 0 Å². The molecule has 0 bridgehead atoms. The molecule has 1 saturated carbocycles. The zero-order chi connectivity index (χ0) is 13.2. The van der Waals surface area contributed by atoms with Crippen LogP contribution in [0.5, 0.6) is 0 Å². The Labute approximate surface area is 113 Å². The third-order valence-electron chi connectivity index (χ3n) is 4.62. The van der Waals surface area contributed by atoms with E-state index in [2.05, 4.69) is 39.1 Å². The normalized spacial score (nSPS) is 25.7. The highest BCUT2D eigenvalue weighted by Crippen LogP contribution is 2.59. The lowest BCUT2D eigenvalue weighted by Gasteiger charge is -2.55. The van der Waals surface area contributed by atoms with Crippen LogP contribution in [0.1, 0.15) is 66.2 Å². The molecule has 18 heavy (non-hydrogen) atoms. The average Bonchev–Trinajstić information content (AvgIpc) is 2.27. The fourth-order valence-corrected chi connectivity index (χ4v) is 4.17. The van der Waals surface area contributed by atoms with Gasteiger partial charge in [-0.25, -0.2) is 0 Å². The molecule has 0 aromatic carbocycles. The summed E-state index contributed by atoms with van der Waals surface area (Å²) in [6, 6.07) is 0. The topological polar surface area (TPSA) is 12.0 Å². The Kier molecular flexibility index (Phi) is 4.21. The molecule has 0 atom stereocenters. The standard InChI is InChI=1S/C17H31N/c1-14(2)10-18-13-17(11-16(3,4)12-17)15-8-6-5-7-9-15/h8,14,18H,5-7,9-13H2,1-4H3. The van der Waals surface area contributed by atoms with Crippen LogP contribution in [0.2, 0.25) is 0 Å². The molecule has 0 saturated heterocycles. The fourth-order valence-electron chi connectivity index (χ4n) is 4.17. The summed E-state index contributed by atoms with van der Waals surface area (Å²) >= 11 is 0. The van der Waals surface area contributed by atoms with Crippen LogP contribution in [-0.4, -0.2) is 13.1 Å². The van der Waals surface area contributed by atoms with Gasteiger partial charge in [0.15, 0.2) is 0 Å². The van der Waals surface area contributed by atoms with Crippen LogP contribution >= 0.6 is 0 Å². The molecule has 2 aliphatic carbocycles. The minimum atomic E-state index is 0.513. The summed E-state index contributed by atoms with van der Waals surface area (Å²) in [6.45, 7) is 11.8. The first kappa shape index (κ1) is 14.1. The maximum atomic E-state index is 3.72. The van der Waals surface area contributed by atoms with Crippen molar-refractivity contribution in [3.8, 4) is 0 Å². The van der Waals surface area contributed by atoms with Gasteiger partial charge in [-0.1, -0.05) is 39.3 Å². The summed E-state index contributed by atoms with van der Waals surface area (Å²) in [5.74, 6) is 0.760. The van der Waals surface area contributed by atoms with Gasteiger partial charge in [0.2, 0.25) is 0 Å². The van der Waals surface area contributed by atoms with Crippen molar-refractivity contribution in [2.24, 2.45) is 16.7 Å². The summed E-state index contributed by atoms with van der Waals surface area (Å²) in [6.07, 6.45) is 10.8. The Hall–Kier alpha value is -0.300. The van der Waals surface area contributed by atoms with Gasteiger partial charge in [-0.2, -0.15) is 0 Å². The molecule has 104 valence electrons. The monoisotopic (exact) mass is 249 g/mol. The Morgan fingerprint density at radius 2 is 1.94 bits per heavy atom. The summed E-state index contributed by atoms with van der Waals surface area (Å²) in [7, 11) is 0. The molecule has 1 fully saturated rings. The van der Waals surface area contributed by atoms with E-state index < -0.39 is 0 Å². The van der Waals surface area contributed by atoms with Crippen LogP contribution in [0.4, 0.5) is 0 Å². The summed E-state index contributed by atoms with van der Waals surface area (Å²) < 4.78 is 0. The predicted molar refractivity (Wildman–Crippen MR) is 79.7 cm³/mol. The first-order valence-corrected chi connectivity index (χ1v) is 7.84. The number of hydrogen-bond acceptors (Lipinski definition) is 1. The third-order valence-corrected chi connectivity index (χ3v) is 4.62. The second kappa shape index (κ2) is 5.36. The fraction of sp³-hybridized carbons (Fsp3) is 0.882. The van der Waals surface area contributed by atoms with Crippen molar-refractivity contribution in [1.29, 1.82) is 0 Å². The molecular formula is C17H31N. The number of nitrogens with one attached hydrogen (secondary N) is 1. The lowest BCUT2D eigenvalue weighted by molar-refractivity contribution is 0.0152. The number of hydrogen-bond donors (Lipinski definition) is 1. The lowest BCUT2D eigenvalue weighted by Crippen LogP contribution is -2.51. The van der Waals surface area contributed by atoms with Gasteiger partial charge in [0.25, 0.3) is 0 Å². The minimum absolute atomic E-state index is 0.513. The largest absolute Gasteiger partial charge is 0.316 e. The van der Waals surface area contributed by atoms with Crippen LogP contribution in [-0.2, 0) is 0 Å². The van der Waals surface area contributed by atoms with Crippen molar-refractivity contribution in [2.45, 2.75) is 66.2 Å². The molecule has 2 aliphatic rings. The van der Waals surface area contributed by atoms with E-state index >= 15 is 0 Å². The Balaban J connectivity index is 1.98. The molecule has 0 aromatic rings. The van der Waals surface area contributed by atoms with Gasteiger partial charge in [-0.05, 0) is 56.4 Å². The van der Waals surface area contributed by atoms with E-state index in [4.69, 9.17) is 0 Å². The highest BCUT2D eigenvalue weighted by molar-refractivity contribution is 5.23. The van der Waals surface area contributed by atoms with E-state index in [1.807, 2.05) is 0 Å². The molecule has 0 heterocycles. The van der Waals surface area contributed by atoms with Crippen LogP contribution in [0.25, 0.3) is 0 Å². The third kappa shape index (κ3) is 3.17. The molecule has 2 rings (SSSR count). The van der Waals surface area contributed by atoms with Gasteiger partial charge >= 0.3 is 0 Å². The minimum Gasteiger partial charge on any atom is -0.316 e. The van der Waals surface area contributed by atoms with E-state index in [9.17, 15) is 0 Å². The van der Waals surface area contributed by atoms with E-state index in [0.29, 0.717) is 10.8 Å². The summed E-state index contributed by atoms with van der Waals surface area (Å²) in [5, 5.41) is 3.72. The lowest BCUT2D eigenvalue weighted by atomic mass is 9.50. The molecule has 1 N–H and O–H groups in total. The van der Waals surface area contributed by atoms with Crippen molar-refractivity contribution in [3.05, 3.63) is 11.6 Å². The molecule has 0 spiro atoms. The van der Waals surface area contributed by atoms with Crippen molar-refractivity contribution in [2.75, 3.05) is 13.1 Å². The van der Waals surface area contributed by atoms with Crippen molar-refractivity contribution >= 4 is 0 Å². The second-order valence-electron chi connectivity index (χ2n) is 7.80. The zero-order valence-electron chi connectivity index (χ0n) is 12.8. The smallest absolute Gasteiger partial charge is 0.00468 e. The van der Waals surface area contributed by atoms with Gasteiger partial charge < -0.3 is 5.32 Å². The SMILES string of the molecule is CC(C)CNCC1(C2=CCCCC2)CC(C)(C)C1. The van der Waals surface area contributed by atoms with Gasteiger partial charge in [-0.3, -0.25) is 0 Å². The maximum Gasteiger partial charge on any atom is 0.00468 e. The molecule has 0 aromatic heterocycles. The summed E-state index contributed by atoms with van der Waals surface area (Å²) in [4.78, 5) is 0. The number of allylic oxidation sites excluding steroid dienone is 1. The van der Waals surface area contributed by atoms with E-state index in [1.54, 1.807) is 5.57 Å². The first-order valence-electron chi connectivity index (χ1n) is 7.84. The Bertz CT molecular complexity index is 304. The number of rotatable bonds is 5. The molecule has 1 nitrogen and oxygen atoms in total. The molecule has 1 heteroatoms. The van der Waals surface area contributed by atoms with E-state index in [0.717, 1.165) is 12.5 Å². The highest BCUT2D eigenvalue weighted by atomic mass is 14.9. The molecule has 0 amide bonds. The van der Waals surface area contributed by atoms with Crippen LogP contribution in [0.3, 0.4) is 0 Å². The second-order valence-corrected chi connectivity index (χ2v) is 7.80. The van der Waals surface area contributed by atoms with Crippen LogP contribution in [0.15, 0.2) is 11.6 Å². The molecule has 0 unspecified atom stereocenters. The maximum absolute atomic E-state index is 3.72. The zero-order valence-corrected chi connectivity index (χ0v) is 12.8. The van der Waals surface area contributed by atoms with Gasteiger partial charge in [0, 0.05) is 12.0 Å². The molecule has 0 radical (unpaired) electrons. The Morgan fingerprint density at radius 3 is 2.44 bits per heavy atom. The van der Waals surface area contributed by atoms with Crippen LogP contribution in [0, 0.1) is 16.7 Å².